The Morgan fingerprint density at radius 2 is 1.77 bits per heavy atom. The summed E-state index contributed by atoms with van der Waals surface area (Å²) >= 11 is 1.47. The van der Waals surface area contributed by atoms with Crippen LogP contribution in [-0.4, -0.2) is 25.0 Å². The smallest absolute Gasteiger partial charge is 0.252 e. The van der Waals surface area contributed by atoms with Crippen molar-refractivity contribution in [1.29, 1.82) is 0 Å². The number of thiophene rings is 1. The lowest BCUT2D eigenvalue weighted by Gasteiger charge is -2.13. The number of para-hydroxylation sites is 2. The van der Waals surface area contributed by atoms with Gasteiger partial charge in [0, 0.05) is 23.9 Å². The summed E-state index contributed by atoms with van der Waals surface area (Å²) in [5.41, 5.74) is 1.24. The Morgan fingerprint density at radius 1 is 1.00 bits per heavy atom. The zero-order valence-electron chi connectivity index (χ0n) is 16.7. The molecule has 156 valence electrons. The van der Waals surface area contributed by atoms with Gasteiger partial charge in [-0.15, -0.1) is 0 Å². The molecule has 2 N–H and O–H groups in total. The van der Waals surface area contributed by atoms with Crippen molar-refractivity contribution in [3.63, 3.8) is 0 Å². The number of ether oxygens (including phenoxy) is 2. The Balaban J connectivity index is 1.49. The van der Waals surface area contributed by atoms with Crippen molar-refractivity contribution in [2.45, 2.75) is 19.8 Å². The molecule has 6 nitrogen and oxygen atoms in total. The van der Waals surface area contributed by atoms with Crippen LogP contribution in [-0.2, 0) is 4.79 Å². The van der Waals surface area contributed by atoms with Gasteiger partial charge in [-0.2, -0.15) is 11.3 Å². The monoisotopic (exact) mass is 424 g/mol. The van der Waals surface area contributed by atoms with Crippen molar-refractivity contribution in [2.75, 3.05) is 18.5 Å². The fourth-order valence-electron chi connectivity index (χ4n) is 2.72. The summed E-state index contributed by atoms with van der Waals surface area (Å²) in [6, 6.07) is 16.4. The van der Waals surface area contributed by atoms with E-state index in [2.05, 4.69) is 10.6 Å². The molecule has 0 aliphatic heterocycles. The number of rotatable bonds is 10. The molecule has 0 radical (unpaired) electrons. The minimum atomic E-state index is -0.137. The predicted octanol–water partition coefficient (Wildman–Crippen LogP) is 5.09. The number of benzene rings is 2. The highest BCUT2D eigenvalue weighted by Crippen LogP contribution is 2.30. The molecule has 0 unspecified atom stereocenters. The van der Waals surface area contributed by atoms with E-state index in [4.69, 9.17) is 9.47 Å². The highest BCUT2D eigenvalue weighted by Gasteiger charge is 2.10. The maximum atomic E-state index is 12.3. The van der Waals surface area contributed by atoms with Gasteiger partial charge < -0.3 is 20.1 Å². The Kier molecular flexibility index (Phi) is 7.86. The van der Waals surface area contributed by atoms with Crippen LogP contribution in [0.4, 0.5) is 5.69 Å². The highest BCUT2D eigenvalue weighted by atomic mass is 32.1. The van der Waals surface area contributed by atoms with Crippen molar-refractivity contribution in [3.05, 3.63) is 70.9 Å². The molecule has 0 spiro atoms. The van der Waals surface area contributed by atoms with E-state index in [-0.39, 0.29) is 11.8 Å². The van der Waals surface area contributed by atoms with E-state index in [1.165, 1.54) is 11.3 Å². The first-order valence-electron chi connectivity index (χ1n) is 9.75. The van der Waals surface area contributed by atoms with Crippen molar-refractivity contribution in [1.82, 2.24) is 5.32 Å². The standard InChI is InChI=1S/C23H24N2O4S/c1-2-28-18-9-11-19(12-10-18)29-21-7-4-3-6-20(21)25-22(26)8-5-14-24-23(27)17-13-15-30-16-17/h3-4,6-7,9-13,15-16H,2,5,8,14H2,1H3,(H,24,27)(H,25,26). The topological polar surface area (TPSA) is 76.7 Å². The second-order valence-electron chi connectivity index (χ2n) is 6.42. The lowest BCUT2D eigenvalue weighted by molar-refractivity contribution is -0.116. The van der Waals surface area contributed by atoms with Gasteiger partial charge in [-0.25, -0.2) is 0 Å². The molecule has 30 heavy (non-hydrogen) atoms. The predicted molar refractivity (Wildman–Crippen MR) is 119 cm³/mol. The van der Waals surface area contributed by atoms with Crippen molar-refractivity contribution in [2.24, 2.45) is 0 Å². The number of amides is 2. The van der Waals surface area contributed by atoms with Crippen LogP contribution >= 0.6 is 11.3 Å². The third kappa shape index (κ3) is 6.35. The number of hydrogen-bond donors (Lipinski definition) is 2. The average molecular weight is 425 g/mol. The lowest BCUT2D eigenvalue weighted by atomic mass is 10.2. The summed E-state index contributed by atoms with van der Waals surface area (Å²) in [5, 5.41) is 9.34. The van der Waals surface area contributed by atoms with Gasteiger partial charge >= 0.3 is 0 Å². The van der Waals surface area contributed by atoms with Crippen LogP contribution in [0.2, 0.25) is 0 Å². The molecule has 0 atom stereocenters. The van der Waals surface area contributed by atoms with E-state index >= 15 is 0 Å². The quantitative estimate of drug-likeness (QED) is 0.445. The summed E-state index contributed by atoms with van der Waals surface area (Å²) in [6.45, 7) is 2.97. The maximum absolute atomic E-state index is 12.3. The van der Waals surface area contributed by atoms with Crippen LogP contribution in [0.1, 0.15) is 30.1 Å². The molecule has 0 saturated carbocycles. The third-order valence-electron chi connectivity index (χ3n) is 4.17. The minimum absolute atomic E-state index is 0.120. The summed E-state index contributed by atoms with van der Waals surface area (Å²) < 4.78 is 11.3. The van der Waals surface area contributed by atoms with Crippen molar-refractivity contribution in [3.8, 4) is 17.2 Å². The molecule has 3 aromatic rings. The summed E-state index contributed by atoms with van der Waals surface area (Å²) in [4.78, 5) is 24.2. The molecule has 1 aromatic heterocycles. The van der Waals surface area contributed by atoms with Gasteiger partial charge in [0.1, 0.15) is 11.5 Å². The normalized spacial score (nSPS) is 10.3. The molecular weight excluding hydrogens is 400 g/mol. The van der Waals surface area contributed by atoms with E-state index < -0.39 is 0 Å². The number of carbonyl (C=O) groups is 2. The van der Waals surface area contributed by atoms with Crippen LogP contribution in [0, 0.1) is 0 Å². The second kappa shape index (κ2) is 11.0. The lowest BCUT2D eigenvalue weighted by Crippen LogP contribution is -2.25. The molecule has 7 heteroatoms. The third-order valence-corrected chi connectivity index (χ3v) is 4.86. The van der Waals surface area contributed by atoms with E-state index in [1.807, 2.05) is 48.7 Å². The van der Waals surface area contributed by atoms with E-state index in [0.717, 1.165) is 5.75 Å². The van der Waals surface area contributed by atoms with Gasteiger partial charge in [0.05, 0.1) is 12.3 Å². The van der Waals surface area contributed by atoms with Crippen LogP contribution in [0.15, 0.2) is 65.4 Å². The van der Waals surface area contributed by atoms with Gasteiger partial charge in [0.25, 0.3) is 5.91 Å². The van der Waals surface area contributed by atoms with Crippen LogP contribution in [0.25, 0.3) is 0 Å². The molecule has 0 aliphatic carbocycles. The summed E-state index contributed by atoms with van der Waals surface area (Å²) in [5.74, 6) is 1.72. The number of carbonyl (C=O) groups excluding carboxylic acids is 2. The van der Waals surface area contributed by atoms with Crippen LogP contribution in [0.3, 0.4) is 0 Å². The largest absolute Gasteiger partial charge is 0.494 e. The number of nitrogens with one attached hydrogen (secondary N) is 2. The SMILES string of the molecule is CCOc1ccc(Oc2ccccc2NC(=O)CCCNC(=O)c2ccsc2)cc1. The van der Waals surface area contributed by atoms with Gasteiger partial charge in [0.2, 0.25) is 5.91 Å². The van der Waals surface area contributed by atoms with Crippen LogP contribution < -0.4 is 20.1 Å². The highest BCUT2D eigenvalue weighted by molar-refractivity contribution is 7.08. The van der Waals surface area contributed by atoms with Crippen molar-refractivity contribution >= 4 is 28.8 Å². The molecule has 2 amide bonds. The minimum Gasteiger partial charge on any atom is -0.494 e. The summed E-state index contributed by atoms with van der Waals surface area (Å²) in [6.07, 6.45) is 0.838. The van der Waals surface area contributed by atoms with Gasteiger partial charge in [-0.3, -0.25) is 9.59 Å². The summed E-state index contributed by atoms with van der Waals surface area (Å²) in [7, 11) is 0. The Labute approximate surface area is 179 Å². The van der Waals surface area contributed by atoms with Crippen molar-refractivity contribution < 1.29 is 19.1 Å². The zero-order valence-corrected chi connectivity index (χ0v) is 17.5. The molecule has 0 fully saturated rings. The first-order valence-corrected chi connectivity index (χ1v) is 10.7. The molecule has 0 saturated heterocycles. The maximum Gasteiger partial charge on any atom is 0.252 e. The molecule has 1 heterocycles. The number of anilines is 1. The van der Waals surface area contributed by atoms with Gasteiger partial charge in [0.15, 0.2) is 5.75 Å². The fraction of sp³-hybridized carbons (Fsp3) is 0.217. The zero-order chi connectivity index (χ0) is 21.2. The molecule has 0 aliphatic rings. The van der Waals surface area contributed by atoms with E-state index in [9.17, 15) is 9.59 Å². The molecule has 0 bridgehead atoms. The number of hydrogen-bond acceptors (Lipinski definition) is 5. The van der Waals surface area contributed by atoms with E-state index in [1.54, 1.807) is 23.6 Å². The van der Waals surface area contributed by atoms with Gasteiger partial charge in [-0.05, 0) is 61.2 Å². The van der Waals surface area contributed by atoms with Crippen LogP contribution in [0.5, 0.6) is 17.2 Å². The Morgan fingerprint density at radius 3 is 2.50 bits per heavy atom. The van der Waals surface area contributed by atoms with Gasteiger partial charge in [-0.1, -0.05) is 12.1 Å². The van der Waals surface area contributed by atoms with E-state index in [0.29, 0.717) is 48.7 Å². The molecule has 3 rings (SSSR count). The second-order valence-corrected chi connectivity index (χ2v) is 7.20. The Hall–Kier alpha value is -3.32. The molecular formula is C23H24N2O4S. The molecule has 2 aromatic carbocycles. The fourth-order valence-corrected chi connectivity index (χ4v) is 3.35. The first-order chi connectivity index (χ1) is 14.7. The first kappa shape index (κ1) is 21.4. The Bertz CT molecular complexity index is 956. The average Bonchev–Trinajstić information content (AvgIpc) is 3.29.